The summed E-state index contributed by atoms with van der Waals surface area (Å²) < 4.78 is 5.39. The van der Waals surface area contributed by atoms with E-state index in [4.69, 9.17) is 4.74 Å². The summed E-state index contributed by atoms with van der Waals surface area (Å²) in [5.41, 5.74) is 4.14. The highest BCUT2D eigenvalue weighted by Crippen LogP contribution is 2.24. The lowest BCUT2D eigenvalue weighted by molar-refractivity contribution is -0.116. The van der Waals surface area contributed by atoms with Gasteiger partial charge in [-0.25, -0.2) is 0 Å². The van der Waals surface area contributed by atoms with Gasteiger partial charge in [0.1, 0.15) is 5.01 Å². The minimum Gasteiger partial charge on any atom is -0.501 e. The van der Waals surface area contributed by atoms with Crippen molar-refractivity contribution in [1.29, 1.82) is 0 Å². The van der Waals surface area contributed by atoms with Gasteiger partial charge in [0.25, 0.3) is 0 Å². The molecule has 38 heavy (non-hydrogen) atoms. The number of rotatable bonds is 12. The molecule has 0 atom stereocenters. The van der Waals surface area contributed by atoms with Crippen molar-refractivity contribution in [3.8, 4) is 0 Å². The Hall–Kier alpha value is -3.66. The number of methoxy groups -OCH3 is 1. The molecule has 2 aliphatic rings. The molecule has 2 N–H and O–H groups in total. The molecular weight excluding hydrogens is 500 g/mol. The Morgan fingerprint density at radius 3 is 2.39 bits per heavy atom. The van der Waals surface area contributed by atoms with Crippen LogP contribution < -0.4 is 10.6 Å². The molecule has 4 rings (SSSR count). The second-order valence-electron chi connectivity index (χ2n) is 9.41. The Morgan fingerprint density at radius 1 is 0.895 bits per heavy atom. The third-order valence-corrected chi connectivity index (χ3v) is 7.39. The molecule has 2 heterocycles. The van der Waals surface area contributed by atoms with Crippen molar-refractivity contribution < 1.29 is 14.3 Å². The number of ether oxygens (including phenoxy) is 1. The summed E-state index contributed by atoms with van der Waals surface area (Å²) in [6.07, 6.45) is 16.0. The van der Waals surface area contributed by atoms with Crippen LogP contribution in [0.3, 0.4) is 0 Å². The zero-order valence-corrected chi connectivity index (χ0v) is 22.8. The van der Waals surface area contributed by atoms with E-state index >= 15 is 0 Å². The van der Waals surface area contributed by atoms with E-state index in [1.54, 1.807) is 13.2 Å². The molecule has 0 saturated heterocycles. The van der Waals surface area contributed by atoms with E-state index in [-0.39, 0.29) is 18.2 Å². The van der Waals surface area contributed by atoms with Crippen molar-refractivity contribution >= 4 is 34.1 Å². The number of amides is 2. The zero-order chi connectivity index (χ0) is 26.7. The molecule has 0 aromatic carbocycles. The van der Waals surface area contributed by atoms with E-state index < -0.39 is 0 Å². The van der Waals surface area contributed by atoms with E-state index in [2.05, 4.69) is 50.1 Å². The van der Waals surface area contributed by atoms with E-state index in [1.807, 2.05) is 18.2 Å². The molecule has 0 radical (unpaired) electrons. The third-order valence-electron chi connectivity index (χ3n) is 6.49. The number of nitrogens with zero attached hydrogens (tertiary/aromatic N) is 4. The van der Waals surface area contributed by atoms with Gasteiger partial charge in [-0.15, -0.1) is 15.3 Å². The van der Waals surface area contributed by atoms with Crippen molar-refractivity contribution in [2.45, 2.75) is 71.1 Å². The van der Waals surface area contributed by atoms with Crippen LogP contribution in [0.15, 0.2) is 58.9 Å². The maximum absolute atomic E-state index is 12.4. The Balaban J connectivity index is 1.15. The second kappa shape index (κ2) is 13.8. The molecule has 200 valence electrons. The SMILES string of the molecule is COC1=C(CC(=O)Nc2nnc(CCCCc3ccc(NC(=O)CC4=C(C)CCC=C4)nn3)s2)C=CCC1. The monoisotopic (exact) mass is 534 g/mol. The van der Waals surface area contributed by atoms with Crippen LogP contribution >= 0.6 is 11.3 Å². The van der Waals surface area contributed by atoms with Crippen molar-refractivity contribution in [3.63, 3.8) is 0 Å². The number of hydrogen-bond acceptors (Lipinski definition) is 8. The number of allylic oxidation sites excluding steroid dienone is 6. The minimum atomic E-state index is -0.125. The van der Waals surface area contributed by atoms with Crippen molar-refractivity contribution in [2.75, 3.05) is 17.7 Å². The lowest BCUT2D eigenvalue weighted by Crippen LogP contribution is -2.14. The molecule has 0 bridgehead atoms. The van der Waals surface area contributed by atoms with Gasteiger partial charge in [-0.3, -0.25) is 9.59 Å². The van der Waals surface area contributed by atoms with Gasteiger partial charge in [0.2, 0.25) is 16.9 Å². The van der Waals surface area contributed by atoms with Crippen molar-refractivity contribution in [2.24, 2.45) is 0 Å². The van der Waals surface area contributed by atoms with Gasteiger partial charge < -0.3 is 15.4 Å². The van der Waals surface area contributed by atoms with E-state index in [1.165, 1.54) is 16.9 Å². The number of anilines is 2. The van der Waals surface area contributed by atoms with Crippen LogP contribution in [0.4, 0.5) is 10.9 Å². The highest BCUT2D eigenvalue weighted by Gasteiger charge is 2.15. The highest BCUT2D eigenvalue weighted by atomic mass is 32.1. The fourth-order valence-electron chi connectivity index (χ4n) is 4.37. The average Bonchev–Trinajstić information content (AvgIpc) is 3.36. The lowest BCUT2D eigenvalue weighted by atomic mass is 9.96. The third kappa shape index (κ3) is 8.17. The number of carbonyl (C=O) groups excluding carboxylic acids is 2. The summed E-state index contributed by atoms with van der Waals surface area (Å²) in [5.74, 6) is 1.13. The fourth-order valence-corrected chi connectivity index (χ4v) is 5.16. The molecule has 0 unspecified atom stereocenters. The first-order valence-electron chi connectivity index (χ1n) is 13.0. The maximum atomic E-state index is 12.4. The Bertz CT molecular complexity index is 1260. The largest absolute Gasteiger partial charge is 0.501 e. The second-order valence-corrected chi connectivity index (χ2v) is 10.5. The molecule has 2 aromatic heterocycles. The normalized spacial score (nSPS) is 15.1. The molecule has 0 aliphatic heterocycles. The number of unbranched alkanes of at least 4 members (excludes halogenated alkanes) is 1. The molecule has 2 aromatic rings. The predicted octanol–water partition coefficient (Wildman–Crippen LogP) is 5.47. The summed E-state index contributed by atoms with van der Waals surface area (Å²) in [5, 5.41) is 23.8. The van der Waals surface area contributed by atoms with Gasteiger partial charge in [-0.2, -0.15) is 5.10 Å². The molecule has 9 nitrogen and oxygen atoms in total. The van der Waals surface area contributed by atoms with Crippen LogP contribution in [0.2, 0.25) is 0 Å². The Kier molecular flexibility index (Phi) is 9.91. The van der Waals surface area contributed by atoms with Crippen LogP contribution in [0.1, 0.15) is 69.0 Å². The van der Waals surface area contributed by atoms with Gasteiger partial charge in [-0.1, -0.05) is 41.2 Å². The van der Waals surface area contributed by atoms with Crippen LogP contribution in [0, 0.1) is 0 Å². The quantitative estimate of drug-likeness (QED) is 0.347. The Labute approximate surface area is 227 Å². The molecule has 0 saturated carbocycles. The maximum Gasteiger partial charge on any atom is 0.230 e. The van der Waals surface area contributed by atoms with Crippen molar-refractivity contribution in [1.82, 2.24) is 20.4 Å². The standard InChI is InChI=1S/C28H34N6O3S/c1-19-9-3-4-10-20(19)17-25(35)29-24-16-15-22(31-32-24)12-6-8-14-27-33-34-28(38-27)30-26(36)18-21-11-5-7-13-23(21)37-2/h4-5,10-11,15-16H,3,6-9,12-14,17-18H2,1-2H3,(H,29,32,35)(H,30,34,36). The highest BCUT2D eigenvalue weighted by molar-refractivity contribution is 7.15. The minimum absolute atomic E-state index is 0.0804. The first-order chi connectivity index (χ1) is 18.5. The summed E-state index contributed by atoms with van der Waals surface area (Å²) in [6.45, 7) is 2.08. The fraction of sp³-hybridized carbons (Fsp3) is 0.429. The van der Waals surface area contributed by atoms with Crippen molar-refractivity contribution in [3.05, 3.63) is 69.6 Å². The van der Waals surface area contributed by atoms with Crippen LogP contribution in [0.25, 0.3) is 0 Å². The van der Waals surface area contributed by atoms with Gasteiger partial charge >= 0.3 is 0 Å². The Morgan fingerprint density at radius 2 is 1.63 bits per heavy atom. The number of carbonyl (C=O) groups is 2. The lowest BCUT2D eigenvalue weighted by Gasteiger charge is -2.14. The molecule has 2 aliphatic carbocycles. The summed E-state index contributed by atoms with van der Waals surface area (Å²) in [7, 11) is 1.64. The van der Waals surface area contributed by atoms with Gasteiger partial charge in [-0.05, 0) is 68.7 Å². The van der Waals surface area contributed by atoms with Gasteiger partial charge in [0.05, 0.1) is 31.4 Å². The number of aromatic nitrogens is 4. The first kappa shape index (κ1) is 27.4. The number of nitrogens with one attached hydrogen (secondary N) is 2. The van der Waals surface area contributed by atoms with E-state index in [0.29, 0.717) is 17.4 Å². The first-order valence-corrected chi connectivity index (χ1v) is 13.8. The summed E-state index contributed by atoms with van der Waals surface area (Å²) >= 11 is 1.40. The predicted molar refractivity (Wildman–Crippen MR) is 149 cm³/mol. The molecule has 10 heteroatoms. The molecule has 0 fully saturated rings. The van der Waals surface area contributed by atoms with E-state index in [9.17, 15) is 9.59 Å². The topological polar surface area (TPSA) is 119 Å². The van der Waals surface area contributed by atoms with Crippen LogP contribution in [0.5, 0.6) is 0 Å². The van der Waals surface area contributed by atoms with Gasteiger partial charge in [0.15, 0.2) is 5.82 Å². The average molecular weight is 535 g/mol. The molecule has 2 amide bonds. The summed E-state index contributed by atoms with van der Waals surface area (Å²) in [6, 6.07) is 3.70. The van der Waals surface area contributed by atoms with Crippen LogP contribution in [-0.2, 0) is 27.2 Å². The number of aryl methyl sites for hydroxylation is 2. The smallest absolute Gasteiger partial charge is 0.230 e. The number of hydrogen-bond donors (Lipinski definition) is 2. The van der Waals surface area contributed by atoms with Crippen LogP contribution in [-0.4, -0.2) is 39.3 Å². The van der Waals surface area contributed by atoms with E-state index in [0.717, 1.165) is 79.0 Å². The summed E-state index contributed by atoms with van der Waals surface area (Å²) in [4.78, 5) is 24.8. The van der Waals surface area contributed by atoms with Gasteiger partial charge in [0, 0.05) is 12.8 Å². The molecule has 0 spiro atoms. The zero-order valence-electron chi connectivity index (χ0n) is 22.0. The molecular formula is C28H34N6O3S.